The predicted octanol–water partition coefficient (Wildman–Crippen LogP) is 2.02. The highest BCUT2D eigenvalue weighted by Crippen LogP contribution is 2.16. The van der Waals surface area contributed by atoms with Crippen LogP contribution in [0.1, 0.15) is 18.9 Å². The summed E-state index contributed by atoms with van der Waals surface area (Å²) in [6, 6.07) is 3.65. The Kier molecular flexibility index (Phi) is 5.03. The van der Waals surface area contributed by atoms with Crippen molar-refractivity contribution < 1.29 is 19.1 Å². The van der Waals surface area contributed by atoms with Crippen molar-refractivity contribution >= 4 is 17.7 Å². The summed E-state index contributed by atoms with van der Waals surface area (Å²) in [5.41, 5.74) is 0.0203. The number of rotatable bonds is 4. The molecule has 0 heterocycles. The number of urea groups is 1. The van der Waals surface area contributed by atoms with Gasteiger partial charge in [0.15, 0.2) is 0 Å². The van der Waals surface area contributed by atoms with Crippen LogP contribution in [0.4, 0.5) is 14.9 Å². The first kappa shape index (κ1) is 15.4. The average Bonchev–Trinajstić information content (AvgIpc) is 2.41. The summed E-state index contributed by atoms with van der Waals surface area (Å²) in [5.74, 6) is -1.89. The molecule has 0 saturated carbocycles. The fourth-order valence-electron chi connectivity index (χ4n) is 1.65. The molecule has 2 amide bonds. The molecule has 106 valence electrons. The molecular formula is C13H14FN3O3. The van der Waals surface area contributed by atoms with Gasteiger partial charge in [0.05, 0.1) is 17.3 Å². The number of benzene rings is 1. The molecule has 1 atom stereocenters. The lowest BCUT2D eigenvalue weighted by Gasteiger charge is -2.24. The first-order valence-corrected chi connectivity index (χ1v) is 5.87. The first-order valence-electron chi connectivity index (χ1n) is 5.87. The van der Waals surface area contributed by atoms with Crippen molar-refractivity contribution in [3.05, 3.63) is 29.6 Å². The molecule has 0 fully saturated rings. The Labute approximate surface area is 115 Å². The molecule has 0 aliphatic rings. The van der Waals surface area contributed by atoms with Gasteiger partial charge in [0.25, 0.3) is 0 Å². The van der Waals surface area contributed by atoms with Crippen LogP contribution in [0.3, 0.4) is 0 Å². The van der Waals surface area contributed by atoms with Crippen molar-refractivity contribution in [1.29, 1.82) is 5.26 Å². The Morgan fingerprint density at radius 3 is 2.65 bits per heavy atom. The van der Waals surface area contributed by atoms with Crippen LogP contribution in [0.25, 0.3) is 0 Å². The second kappa shape index (κ2) is 6.52. The monoisotopic (exact) mass is 279 g/mol. The number of nitriles is 1. The summed E-state index contributed by atoms with van der Waals surface area (Å²) in [6.07, 6.45) is 0.231. The highest BCUT2D eigenvalue weighted by Gasteiger charge is 2.25. The van der Waals surface area contributed by atoms with Crippen molar-refractivity contribution in [2.75, 3.05) is 12.4 Å². The number of carboxylic acid groups (broad SMARTS) is 1. The summed E-state index contributed by atoms with van der Waals surface area (Å²) in [4.78, 5) is 23.8. The molecule has 2 N–H and O–H groups in total. The van der Waals surface area contributed by atoms with Crippen LogP contribution in [0.2, 0.25) is 0 Å². The number of halogens is 1. The molecule has 1 aromatic carbocycles. The van der Waals surface area contributed by atoms with Crippen LogP contribution in [-0.2, 0) is 4.79 Å². The van der Waals surface area contributed by atoms with Gasteiger partial charge < -0.3 is 15.3 Å². The third-order valence-electron chi connectivity index (χ3n) is 2.80. The number of aliphatic carboxylic acids is 1. The second-order valence-electron chi connectivity index (χ2n) is 4.11. The number of amides is 2. The average molecular weight is 279 g/mol. The van der Waals surface area contributed by atoms with Crippen molar-refractivity contribution in [2.45, 2.75) is 19.4 Å². The second-order valence-corrected chi connectivity index (χ2v) is 4.11. The quantitative estimate of drug-likeness (QED) is 0.881. The van der Waals surface area contributed by atoms with Gasteiger partial charge in [0.2, 0.25) is 0 Å². The number of nitrogens with zero attached hydrogens (tertiary/aromatic N) is 2. The van der Waals surface area contributed by atoms with Crippen molar-refractivity contribution in [1.82, 2.24) is 4.90 Å². The van der Waals surface area contributed by atoms with Gasteiger partial charge in [-0.3, -0.25) is 0 Å². The van der Waals surface area contributed by atoms with E-state index in [1.807, 2.05) is 0 Å². The van der Waals surface area contributed by atoms with Crippen molar-refractivity contribution in [3.8, 4) is 6.07 Å². The third kappa shape index (κ3) is 3.45. The standard InChI is InChI=1S/C13H14FN3O3/c1-3-11(12(18)19)17(2)13(20)16-10-5-4-8(7-15)6-9(10)14/h4-6,11H,3H2,1-2H3,(H,16,20)(H,18,19). The fourth-order valence-corrected chi connectivity index (χ4v) is 1.65. The van der Waals surface area contributed by atoms with Gasteiger partial charge in [-0.2, -0.15) is 5.26 Å². The number of carbonyl (C=O) groups excluding carboxylic acids is 1. The Hall–Kier alpha value is -2.62. The van der Waals surface area contributed by atoms with E-state index in [1.165, 1.54) is 19.2 Å². The zero-order chi connectivity index (χ0) is 15.3. The summed E-state index contributed by atoms with van der Waals surface area (Å²) in [5, 5.41) is 19.8. The predicted molar refractivity (Wildman–Crippen MR) is 69.6 cm³/mol. The minimum absolute atomic E-state index is 0.110. The first-order chi connectivity index (χ1) is 9.40. The van der Waals surface area contributed by atoms with E-state index in [-0.39, 0.29) is 17.7 Å². The summed E-state index contributed by atoms with van der Waals surface area (Å²) in [7, 11) is 1.32. The van der Waals surface area contributed by atoms with Gasteiger partial charge in [-0.05, 0) is 24.6 Å². The molecule has 7 heteroatoms. The van der Waals surface area contributed by atoms with Crippen LogP contribution in [0, 0.1) is 17.1 Å². The topological polar surface area (TPSA) is 93.4 Å². The van der Waals surface area contributed by atoms with Gasteiger partial charge in [-0.25, -0.2) is 14.0 Å². The number of carbonyl (C=O) groups is 2. The zero-order valence-corrected chi connectivity index (χ0v) is 11.1. The number of nitrogens with one attached hydrogen (secondary N) is 1. The zero-order valence-electron chi connectivity index (χ0n) is 11.1. The SMILES string of the molecule is CCC(C(=O)O)N(C)C(=O)Nc1ccc(C#N)cc1F. The highest BCUT2D eigenvalue weighted by molar-refractivity contribution is 5.92. The number of hydrogen-bond donors (Lipinski definition) is 2. The largest absolute Gasteiger partial charge is 0.480 e. The van der Waals surface area contributed by atoms with Crippen LogP contribution in [0.5, 0.6) is 0 Å². The minimum Gasteiger partial charge on any atom is -0.480 e. The fraction of sp³-hybridized carbons (Fsp3) is 0.308. The maximum Gasteiger partial charge on any atom is 0.326 e. The lowest BCUT2D eigenvalue weighted by atomic mass is 10.2. The summed E-state index contributed by atoms with van der Waals surface area (Å²) in [6.45, 7) is 1.63. The summed E-state index contributed by atoms with van der Waals surface area (Å²) < 4.78 is 13.6. The van der Waals surface area contributed by atoms with E-state index in [1.54, 1.807) is 13.0 Å². The molecule has 1 unspecified atom stereocenters. The van der Waals surface area contributed by atoms with E-state index in [0.29, 0.717) is 0 Å². The molecule has 0 aliphatic heterocycles. The number of hydrogen-bond acceptors (Lipinski definition) is 3. The van der Waals surface area contributed by atoms with Crippen LogP contribution in [-0.4, -0.2) is 35.1 Å². The van der Waals surface area contributed by atoms with E-state index < -0.39 is 23.9 Å². The van der Waals surface area contributed by atoms with Gasteiger partial charge in [-0.1, -0.05) is 6.92 Å². The van der Waals surface area contributed by atoms with Crippen LogP contribution >= 0.6 is 0 Å². The van der Waals surface area contributed by atoms with E-state index in [9.17, 15) is 14.0 Å². The number of likely N-dealkylation sites (N-methyl/N-ethyl adjacent to an activating group) is 1. The Morgan fingerprint density at radius 2 is 2.20 bits per heavy atom. The normalized spacial score (nSPS) is 11.3. The summed E-state index contributed by atoms with van der Waals surface area (Å²) >= 11 is 0. The molecular weight excluding hydrogens is 265 g/mol. The maximum atomic E-state index is 13.6. The molecule has 20 heavy (non-hydrogen) atoms. The van der Waals surface area contributed by atoms with Gasteiger partial charge in [0.1, 0.15) is 11.9 Å². The van der Waals surface area contributed by atoms with Crippen LogP contribution in [0.15, 0.2) is 18.2 Å². The van der Waals surface area contributed by atoms with E-state index in [4.69, 9.17) is 10.4 Å². The number of anilines is 1. The Balaban J connectivity index is 2.86. The molecule has 0 saturated heterocycles. The Bertz CT molecular complexity index is 568. The highest BCUT2D eigenvalue weighted by atomic mass is 19.1. The van der Waals surface area contributed by atoms with Gasteiger partial charge in [-0.15, -0.1) is 0 Å². The lowest BCUT2D eigenvalue weighted by Crippen LogP contribution is -2.44. The molecule has 0 aromatic heterocycles. The van der Waals surface area contributed by atoms with E-state index in [0.717, 1.165) is 11.0 Å². The molecule has 0 radical (unpaired) electrons. The van der Waals surface area contributed by atoms with Crippen molar-refractivity contribution in [2.24, 2.45) is 0 Å². The molecule has 1 aromatic rings. The lowest BCUT2D eigenvalue weighted by molar-refractivity contribution is -0.141. The molecule has 0 aliphatic carbocycles. The molecule has 0 bridgehead atoms. The maximum absolute atomic E-state index is 13.6. The molecule has 6 nitrogen and oxygen atoms in total. The third-order valence-corrected chi connectivity index (χ3v) is 2.80. The van der Waals surface area contributed by atoms with Gasteiger partial charge in [0, 0.05) is 7.05 Å². The van der Waals surface area contributed by atoms with Crippen molar-refractivity contribution in [3.63, 3.8) is 0 Å². The van der Waals surface area contributed by atoms with E-state index >= 15 is 0 Å². The smallest absolute Gasteiger partial charge is 0.326 e. The molecule has 0 spiro atoms. The number of carboxylic acids is 1. The minimum atomic E-state index is -1.13. The molecule has 1 rings (SSSR count). The van der Waals surface area contributed by atoms with E-state index in [2.05, 4.69) is 5.32 Å². The Morgan fingerprint density at radius 1 is 1.55 bits per heavy atom. The van der Waals surface area contributed by atoms with Crippen LogP contribution < -0.4 is 5.32 Å². The van der Waals surface area contributed by atoms with Gasteiger partial charge >= 0.3 is 12.0 Å².